The van der Waals surface area contributed by atoms with Gasteiger partial charge in [0, 0.05) is 5.41 Å². The zero-order valence-corrected chi connectivity index (χ0v) is 15.3. The monoisotopic (exact) mass is 371 g/mol. The SMILES string of the molecule is C[C@]12C(=O)N(c3ccc(F)cc3)C(=O)[C@H]1C2(c1ccccc1)c1ccccc1. The Bertz CT molecular complexity index is 1040. The van der Waals surface area contributed by atoms with Gasteiger partial charge in [-0.15, -0.1) is 0 Å². The molecule has 1 aliphatic heterocycles. The van der Waals surface area contributed by atoms with Gasteiger partial charge in [-0.25, -0.2) is 9.29 Å². The van der Waals surface area contributed by atoms with Crippen molar-refractivity contribution < 1.29 is 14.0 Å². The van der Waals surface area contributed by atoms with Crippen LogP contribution in [0, 0.1) is 17.2 Å². The predicted molar refractivity (Wildman–Crippen MR) is 104 cm³/mol. The highest BCUT2D eigenvalue weighted by Crippen LogP contribution is 2.76. The molecule has 3 nitrogen and oxygen atoms in total. The van der Waals surface area contributed by atoms with Crippen molar-refractivity contribution in [2.24, 2.45) is 11.3 Å². The lowest BCUT2D eigenvalue weighted by atomic mass is 9.79. The molecule has 0 aromatic heterocycles. The Morgan fingerprint density at radius 2 is 1.29 bits per heavy atom. The molecule has 0 bridgehead atoms. The van der Waals surface area contributed by atoms with E-state index in [-0.39, 0.29) is 11.8 Å². The van der Waals surface area contributed by atoms with Crippen molar-refractivity contribution in [1.82, 2.24) is 0 Å². The summed E-state index contributed by atoms with van der Waals surface area (Å²) in [6.07, 6.45) is 0. The van der Waals surface area contributed by atoms with Crippen molar-refractivity contribution in [2.75, 3.05) is 4.90 Å². The molecule has 2 amide bonds. The number of benzene rings is 3. The highest BCUT2D eigenvalue weighted by atomic mass is 19.1. The summed E-state index contributed by atoms with van der Waals surface area (Å²) in [7, 11) is 0. The quantitative estimate of drug-likeness (QED) is 0.643. The van der Waals surface area contributed by atoms with Crippen LogP contribution in [0.1, 0.15) is 18.1 Å². The Morgan fingerprint density at radius 1 is 0.786 bits per heavy atom. The second-order valence-electron chi connectivity index (χ2n) is 7.63. The van der Waals surface area contributed by atoms with Crippen molar-refractivity contribution in [3.8, 4) is 0 Å². The molecule has 0 radical (unpaired) electrons. The fraction of sp³-hybridized carbons (Fsp3) is 0.167. The Labute approximate surface area is 162 Å². The number of hydrogen-bond acceptors (Lipinski definition) is 2. The number of hydrogen-bond donors (Lipinski definition) is 0. The van der Waals surface area contributed by atoms with Gasteiger partial charge in [0.15, 0.2) is 0 Å². The summed E-state index contributed by atoms with van der Waals surface area (Å²) in [4.78, 5) is 28.2. The summed E-state index contributed by atoms with van der Waals surface area (Å²) in [5, 5.41) is 0. The Morgan fingerprint density at radius 3 is 1.71 bits per heavy atom. The molecule has 3 aromatic rings. The van der Waals surface area contributed by atoms with Crippen molar-refractivity contribution in [3.05, 3.63) is 102 Å². The maximum atomic E-state index is 13.5. The van der Waals surface area contributed by atoms with Crippen LogP contribution in [-0.2, 0) is 15.0 Å². The topological polar surface area (TPSA) is 37.4 Å². The first-order valence-corrected chi connectivity index (χ1v) is 9.28. The summed E-state index contributed by atoms with van der Waals surface area (Å²) in [5.74, 6) is -1.35. The third kappa shape index (κ3) is 1.87. The fourth-order valence-electron chi connectivity index (χ4n) is 5.14. The molecule has 0 unspecified atom stereocenters. The van der Waals surface area contributed by atoms with Crippen LogP contribution in [0.15, 0.2) is 84.9 Å². The number of carbonyl (C=O) groups excluding carboxylic acids is 2. The second-order valence-corrected chi connectivity index (χ2v) is 7.63. The molecule has 1 aliphatic carbocycles. The number of carbonyl (C=O) groups is 2. The van der Waals surface area contributed by atoms with E-state index in [0.717, 1.165) is 11.1 Å². The standard InChI is InChI=1S/C24H18FNO2/c1-23-20(21(27)26(22(23)28)19-14-12-18(25)13-15-19)24(23,16-8-4-2-5-9-16)17-10-6-3-7-11-17/h2-15,20H,1H3/t20-,23-/m1/s1. The van der Waals surface area contributed by atoms with Crippen LogP contribution in [0.5, 0.6) is 0 Å². The minimum absolute atomic E-state index is 0.230. The molecule has 2 atom stereocenters. The van der Waals surface area contributed by atoms with Crippen molar-refractivity contribution in [3.63, 3.8) is 0 Å². The Hall–Kier alpha value is -3.27. The summed E-state index contributed by atoms with van der Waals surface area (Å²) in [6.45, 7) is 1.88. The summed E-state index contributed by atoms with van der Waals surface area (Å²) >= 11 is 0. The lowest BCUT2D eigenvalue weighted by Gasteiger charge is -2.29. The number of piperidine rings is 1. The summed E-state index contributed by atoms with van der Waals surface area (Å²) in [6, 6.07) is 25.0. The molecule has 28 heavy (non-hydrogen) atoms. The smallest absolute Gasteiger partial charge is 0.241 e. The first-order valence-electron chi connectivity index (χ1n) is 9.28. The molecular formula is C24H18FNO2. The van der Waals surface area contributed by atoms with Gasteiger partial charge in [0.1, 0.15) is 5.82 Å². The molecule has 1 saturated heterocycles. The first kappa shape index (κ1) is 16.9. The largest absolute Gasteiger partial charge is 0.274 e. The van der Waals surface area contributed by atoms with E-state index in [0.29, 0.717) is 5.69 Å². The molecule has 5 rings (SSSR count). The van der Waals surface area contributed by atoms with Gasteiger partial charge >= 0.3 is 0 Å². The van der Waals surface area contributed by atoms with Gasteiger partial charge in [0.25, 0.3) is 0 Å². The van der Waals surface area contributed by atoms with Gasteiger partial charge in [0.2, 0.25) is 11.8 Å². The zero-order valence-electron chi connectivity index (χ0n) is 15.3. The highest BCUT2D eigenvalue weighted by molar-refractivity contribution is 6.29. The fourth-order valence-corrected chi connectivity index (χ4v) is 5.14. The number of imide groups is 1. The van der Waals surface area contributed by atoms with Gasteiger partial charge < -0.3 is 0 Å². The van der Waals surface area contributed by atoms with Crippen LogP contribution < -0.4 is 4.90 Å². The zero-order chi connectivity index (χ0) is 19.5. The van der Waals surface area contributed by atoms with Crippen LogP contribution >= 0.6 is 0 Å². The molecule has 0 N–H and O–H groups in total. The van der Waals surface area contributed by atoms with E-state index < -0.39 is 22.6 Å². The van der Waals surface area contributed by atoms with Gasteiger partial charge in [-0.05, 0) is 42.3 Å². The van der Waals surface area contributed by atoms with Gasteiger partial charge in [-0.3, -0.25) is 9.59 Å². The second kappa shape index (κ2) is 5.61. The van der Waals surface area contributed by atoms with Crippen LogP contribution in [0.25, 0.3) is 0 Å². The van der Waals surface area contributed by atoms with Crippen molar-refractivity contribution in [1.29, 1.82) is 0 Å². The van der Waals surface area contributed by atoms with Crippen LogP contribution in [0.2, 0.25) is 0 Å². The van der Waals surface area contributed by atoms with E-state index in [1.54, 1.807) is 0 Å². The van der Waals surface area contributed by atoms with E-state index in [1.165, 1.54) is 29.2 Å². The molecule has 3 aromatic carbocycles. The normalized spacial score (nSPS) is 24.9. The van der Waals surface area contributed by atoms with Crippen LogP contribution in [0.3, 0.4) is 0 Å². The van der Waals surface area contributed by atoms with Crippen molar-refractivity contribution >= 4 is 17.5 Å². The number of fused-ring (bicyclic) bond motifs is 1. The van der Waals surface area contributed by atoms with E-state index >= 15 is 0 Å². The lowest BCUT2D eigenvalue weighted by Crippen LogP contribution is -2.42. The van der Waals surface area contributed by atoms with Gasteiger partial charge in [-0.2, -0.15) is 0 Å². The molecule has 1 saturated carbocycles. The molecule has 4 heteroatoms. The number of anilines is 1. The molecule has 138 valence electrons. The number of nitrogens with zero attached hydrogens (tertiary/aromatic N) is 1. The third-order valence-electron chi connectivity index (χ3n) is 6.40. The van der Waals surface area contributed by atoms with Crippen molar-refractivity contribution in [2.45, 2.75) is 12.3 Å². The minimum Gasteiger partial charge on any atom is -0.274 e. The van der Waals surface area contributed by atoms with Crippen LogP contribution in [0.4, 0.5) is 10.1 Å². The molecule has 1 heterocycles. The molecule has 2 fully saturated rings. The lowest BCUT2D eigenvalue weighted by molar-refractivity contribution is -0.125. The average molecular weight is 371 g/mol. The van der Waals surface area contributed by atoms with Crippen LogP contribution in [-0.4, -0.2) is 11.8 Å². The number of halogens is 1. The Kier molecular flexibility index (Phi) is 3.38. The number of amides is 2. The molecular weight excluding hydrogens is 353 g/mol. The van der Waals surface area contributed by atoms with E-state index in [2.05, 4.69) is 0 Å². The molecule has 2 aliphatic rings. The minimum atomic E-state index is -0.874. The summed E-state index contributed by atoms with van der Waals surface area (Å²) in [5.41, 5.74) is 0.796. The van der Waals surface area contributed by atoms with Gasteiger partial charge in [0.05, 0.1) is 17.0 Å². The van der Waals surface area contributed by atoms with E-state index in [1.807, 2.05) is 67.6 Å². The van der Waals surface area contributed by atoms with E-state index in [9.17, 15) is 14.0 Å². The number of rotatable bonds is 3. The van der Waals surface area contributed by atoms with Gasteiger partial charge in [-0.1, -0.05) is 60.7 Å². The first-order chi connectivity index (χ1) is 13.5. The maximum Gasteiger partial charge on any atom is 0.241 e. The maximum absolute atomic E-state index is 13.5. The predicted octanol–water partition coefficient (Wildman–Crippen LogP) is 4.32. The highest BCUT2D eigenvalue weighted by Gasteiger charge is 2.86. The summed E-state index contributed by atoms with van der Waals surface area (Å²) < 4.78 is 13.3. The van der Waals surface area contributed by atoms with E-state index in [4.69, 9.17) is 0 Å². The third-order valence-corrected chi connectivity index (χ3v) is 6.40. The molecule has 0 spiro atoms. The average Bonchev–Trinajstić information content (AvgIpc) is 3.26. The Balaban J connectivity index is 1.67.